The Labute approximate surface area is 166 Å². The SMILES string of the molecule is C[C@@H](Nc1cnc2n(c1=O)[C@H](C(=O)O)C[C@H]2F)c1nnc(-c2ccccc2F)s1. The third kappa shape index (κ3) is 3.37. The van der Waals surface area contributed by atoms with Gasteiger partial charge < -0.3 is 10.4 Å². The molecule has 0 amide bonds. The van der Waals surface area contributed by atoms with Gasteiger partial charge in [0.25, 0.3) is 5.56 Å². The molecule has 11 heteroatoms. The Hall–Kier alpha value is -3.21. The van der Waals surface area contributed by atoms with Crippen molar-refractivity contribution in [2.45, 2.75) is 31.6 Å². The molecule has 29 heavy (non-hydrogen) atoms. The molecule has 1 aliphatic rings. The lowest BCUT2D eigenvalue weighted by Crippen LogP contribution is -2.30. The van der Waals surface area contributed by atoms with Crippen LogP contribution in [0.2, 0.25) is 0 Å². The highest BCUT2D eigenvalue weighted by molar-refractivity contribution is 7.14. The molecule has 3 aromatic rings. The van der Waals surface area contributed by atoms with E-state index in [0.717, 1.165) is 15.9 Å². The fourth-order valence-corrected chi connectivity index (χ4v) is 4.05. The number of aliphatic carboxylic acids is 1. The van der Waals surface area contributed by atoms with Crippen LogP contribution in [0, 0.1) is 5.82 Å². The summed E-state index contributed by atoms with van der Waals surface area (Å²) in [5.41, 5.74) is -0.335. The Morgan fingerprint density at radius 2 is 2.14 bits per heavy atom. The molecular formula is C18H15F2N5O3S. The Kier molecular flexibility index (Phi) is 4.82. The van der Waals surface area contributed by atoms with Crippen LogP contribution in [-0.2, 0) is 4.79 Å². The molecule has 3 heterocycles. The van der Waals surface area contributed by atoms with Crippen molar-refractivity contribution in [3.8, 4) is 10.6 Å². The predicted octanol–water partition coefficient (Wildman–Crippen LogP) is 3.11. The van der Waals surface area contributed by atoms with Crippen molar-refractivity contribution in [1.82, 2.24) is 19.7 Å². The van der Waals surface area contributed by atoms with E-state index in [1.807, 2.05) is 0 Å². The van der Waals surface area contributed by atoms with Crippen LogP contribution in [0.25, 0.3) is 10.6 Å². The maximum atomic E-state index is 14.0. The van der Waals surface area contributed by atoms with E-state index in [-0.39, 0.29) is 17.9 Å². The number of carbonyl (C=O) groups is 1. The second-order valence-electron chi connectivity index (χ2n) is 6.55. The highest BCUT2D eigenvalue weighted by Crippen LogP contribution is 2.35. The van der Waals surface area contributed by atoms with Crippen molar-refractivity contribution >= 4 is 23.0 Å². The van der Waals surface area contributed by atoms with Gasteiger partial charge in [0.1, 0.15) is 28.4 Å². The largest absolute Gasteiger partial charge is 0.480 e. The van der Waals surface area contributed by atoms with Gasteiger partial charge in [0, 0.05) is 12.0 Å². The smallest absolute Gasteiger partial charge is 0.326 e. The zero-order chi connectivity index (χ0) is 20.7. The van der Waals surface area contributed by atoms with Gasteiger partial charge in [-0.3, -0.25) is 9.36 Å². The maximum absolute atomic E-state index is 14.0. The first kappa shape index (κ1) is 19.1. The molecule has 150 valence electrons. The zero-order valence-electron chi connectivity index (χ0n) is 15.0. The van der Waals surface area contributed by atoms with Gasteiger partial charge in [-0.15, -0.1) is 10.2 Å². The molecule has 0 spiro atoms. The number of nitrogens with one attached hydrogen (secondary N) is 1. The Bertz CT molecular complexity index is 1150. The number of fused-ring (bicyclic) bond motifs is 1. The second-order valence-corrected chi connectivity index (χ2v) is 7.56. The number of benzene rings is 1. The number of hydrogen-bond acceptors (Lipinski definition) is 7. The van der Waals surface area contributed by atoms with Crippen molar-refractivity contribution in [1.29, 1.82) is 0 Å². The average molecular weight is 419 g/mol. The van der Waals surface area contributed by atoms with E-state index < -0.39 is 35.6 Å². The summed E-state index contributed by atoms with van der Waals surface area (Å²) < 4.78 is 28.8. The van der Waals surface area contributed by atoms with Gasteiger partial charge in [0.05, 0.1) is 12.2 Å². The Morgan fingerprint density at radius 1 is 1.38 bits per heavy atom. The summed E-state index contributed by atoms with van der Waals surface area (Å²) in [5.74, 6) is -1.91. The molecule has 0 aliphatic carbocycles. The summed E-state index contributed by atoms with van der Waals surface area (Å²) in [6.07, 6.45) is -0.763. The first-order valence-electron chi connectivity index (χ1n) is 8.70. The monoisotopic (exact) mass is 419 g/mol. The summed E-state index contributed by atoms with van der Waals surface area (Å²) in [6.45, 7) is 1.72. The molecular weight excluding hydrogens is 404 g/mol. The molecule has 1 aliphatic heterocycles. The Balaban J connectivity index is 1.61. The molecule has 2 N–H and O–H groups in total. The summed E-state index contributed by atoms with van der Waals surface area (Å²) in [5, 5.41) is 21.1. The number of alkyl halides is 1. The van der Waals surface area contributed by atoms with E-state index in [9.17, 15) is 23.5 Å². The molecule has 0 radical (unpaired) electrons. The fraction of sp³-hybridized carbons (Fsp3) is 0.278. The number of aromatic nitrogens is 4. The first-order valence-corrected chi connectivity index (χ1v) is 9.51. The Morgan fingerprint density at radius 3 is 2.86 bits per heavy atom. The summed E-state index contributed by atoms with van der Waals surface area (Å²) >= 11 is 1.16. The van der Waals surface area contributed by atoms with E-state index >= 15 is 0 Å². The molecule has 3 atom stereocenters. The van der Waals surface area contributed by atoms with Crippen LogP contribution in [-0.4, -0.2) is 30.8 Å². The number of halogens is 2. The van der Waals surface area contributed by atoms with Crippen LogP contribution in [0.5, 0.6) is 0 Å². The van der Waals surface area contributed by atoms with Gasteiger partial charge >= 0.3 is 5.97 Å². The number of carboxylic acids is 1. The average Bonchev–Trinajstić information content (AvgIpc) is 3.30. The quantitative estimate of drug-likeness (QED) is 0.654. The van der Waals surface area contributed by atoms with Crippen LogP contribution in [0.15, 0.2) is 35.3 Å². The van der Waals surface area contributed by atoms with E-state index in [4.69, 9.17) is 0 Å². The van der Waals surface area contributed by atoms with Gasteiger partial charge in [-0.2, -0.15) is 0 Å². The van der Waals surface area contributed by atoms with Crippen LogP contribution in [0.4, 0.5) is 14.5 Å². The van der Waals surface area contributed by atoms with Crippen LogP contribution < -0.4 is 10.9 Å². The maximum Gasteiger partial charge on any atom is 0.326 e. The summed E-state index contributed by atoms with van der Waals surface area (Å²) in [4.78, 5) is 28.0. The lowest BCUT2D eigenvalue weighted by Gasteiger charge is -2.14. The highest BCUT2D eigenvalue weighted by Gasteiger charge is 2.38. The lowest BCUT2D eigenvalue weighted by atomic mass is 10.2. The second kappa shape index (κ2) is 7.32. The molecule has 1 aromatic carbocycles. The fourth-order valence-electron chi connectivity index (χ4n) is 3.18. The molecule has 4 rings (SSSR count). The van der Waals surface area contributed by atoms with E-state index in [2.05, 4.69) is 20.5 Å². The van der Waals surface area contributed by atoms with Gasteiger partial charge in [-0.25, -0.2) is 18.6 Å². The van der Waals surface area contributed by atoms with Crippen LogP contribution >= 0.6 is 11.3 Å². The van der Waals surface area contributed by atoms with E-state index in [0.29, 0.717) is 15.6 Å². The minimum absolute atomic E-state index is 0.0178. The van der Waals surface area contributed by atoms with Crippen LogP contribution in [0.3, 0.4) is 0 Å². The number of rotatable bonds is 5. The van der Waals surface area contributed by atoms with Crippen LogP contribution in [0.1, 0.15) is 42.4 Å². The van der Waals surface area contributed by atoms with Crippen molar-refractivity contribution < 1.29 is 18.7 Å². The molecule has 0 saturated carbocycles. The van der Waals surface area contributed by atoms with Crippen molar-refractivity contribution in [2.75, 3.05) is 5.32 Å². The van der Waals surface area contributed by atoms with Crippen molar-refractivity contribution in [3.63, 3.8) is 0 Å². The zero-order valence-corrected chi connectivity index (χ0v) is 15.9. The number of hydrogen-bond donors (Lipinski definition) is 2. The minimum atomic E-state index is -1.61. The number of nitrogens with zero attached hydrogens (tertiary/aromatic N) is 4. The molecule has 0 fully saturated rings. The third-order valence-electron chi connectivity index (χ3n) is 4.62. The standard InChI is InChI=1S/C18H15F2N5O3S/c1-8(15-23-24-16(29-15)9-4-2-3-5-10(9)19)22-12-7-21-14-11(20)6-13(18(27)28)25(14)17(12)26/h2-5,7-8,11,13,22H,6H2,1H3,(H,27,28)/t8-,11-,13+/m1/s1. The lowest BCUT2D eigenvalue weighted by molar-refractivity contribution is -0.141. The molecule has 8 nitrogen and oxygen atoms in total. The van der Waals surface area contributed by atoms with E-state index in [1.165, 1.54) is 12.3 Å². The van der Waals surface area contributed by atoms with Crippen molar-refractivity contribution in [2.24, 2.45) is 0 Å². The normalized spacial score (nSPS) is 19.0. The van der Waals surface area contributed by atoms with Crippen molar-refractivity contribution in [3.05, 3.63) is 57.5 Å². The molecule has 0 saturated heterocycles. The molecule has 0 unspecified atom stereocenters. The predicted molar refractivity (Wildman–Crippen MR) is 101 cm³/mol. The summed E-state index contributed by atoms with van der Waals surface area (Å²) in [6, 6.07) is 4.39. The minimum Gasteiger partial charge on any atom is -0.480 e. The van der Waals surface area contributed by atoms with Gasteiger partial charge in [-0.05, 0) is 19.1 Å². The summed E-state index contributed by atoms with van der Waals surface area (Å²) in [7, 11) is 0. The third-order valence-corrected chi connectivity index (χ3v) is 5.76. The molecule has 2 aromatic heterocycles. The van der Waals surface area contributed by atoms with Gasteiger partial charge in [0.15, 0.2) is 11.2 Å². The molecule has 0 bridgehead atoms. The van der Waals surface area contributed by atoms with Gasteiger partial charge in [0.2, 0.25) is 0 Å². The first-order chi connectivity index (χ1) is 13.9. The number of carboxylic acid groups (broad SMARTS) is 1. The van der Waals surface area contributed by atoms with E-state index in [1.54, 1.807) is 25.1 Å². The number of anilines is 1. The van der Waals surface area contributed by atoms with Gasteiger partial charge in [-0.1, -0.05) is 23.5 Å². The highest BCUT2D eigenvalue weighted by atomic mass is 32.1. The topological polar surface area (TPSA) is 110 Å².